The number of hydrogen-bond acceptors (Lipinski definition) is 7. The van der Waals surface area contributed by atoms with E-state index < -0.39 is 11.8 Å². The number of aromatic nitrogens is 2. The minimum atomic E-state index is -0.508. The van der Waals surface area contributed by atoms with Crippen molar-refractivity contribution >= 4 is 45.7 Å². The molecular weight excluding hydrogens is 472 g/mol. The summed E-state index contributed by atoms with van der Waals surface area (Å²) >= 11 is 6.35. The van der Waals surface area contributed by atoms with Crippen molar-refractivity contribution in [2.75, 3.05) is 24.9 Å². The Hall–Kier alpha value is -4.37. The number of methoxy groups -OCH3 is 2. The fourth-order valence-electron chi connectivity index (χ4n) is 3.29. The standard InChI is InChI=1S/C25H21ClN4O5/c1-33-21-11-17-19(12-22(21)34-2)27-9-8-20(17)35-25-18(26)10-16(14-28-25)30-24(32)13-23(31)29-15-6-4-3-5-7-15/h3-12,14H,13H2,1-2H3,(H,29,31)(H,30,32). The van der Waals surface area contributed by atoms with Crippen molar-refractivity contribution in [3.05, 3.63) is 72.0 Å². The van der Waals surface area contributed by atoms with E-state index in [0.29, 0.717) is 39.5 Å². The first kappa shape index (κ1) is 23.8. The number of amides is 2. The number of carbonyl (C=O) groups excluding carboxylic acids is 2. The van der Waals surface area contributed by atoms with Gasteiger partial charge in [0.2, 0.25) is 17.7 Å². The van der Waals surface area contributed by atoms with Gasteiger partial charge in [0.15, 0.2) is 11.5 Å². The molecule has 0 aliphatic carbocycles. The van der Waals surface area contributed by atoms with Gasteiger partial charge in [-0.05, 0) is 30.3 Å². The molecule has 2 heterocycles. The predicted octanol–water partition coefficient (Wildman–Crippen LogP) is 5.06. The molecule has 35 heavy (non-hydrogen) atoms. The van der Waals surface area contributed by atoms with Gasteiger partial charge in [0.05, 0.1) is 31.6 Å². The van der Waals surface area contributed by atoms with E-state index in [1.807, 2.05) is 6.07 Å². The highest BCUT2D eigenvalue weighted by Crippen LogP contribution is 2.38. The maximum atomic E-state index is 12.3. The molecule has 0 atom stereocenters. The highest BCUT2D eigenvalue weighted by molar-refractivity contribution is 6.32. The first-order valence-electron chi connectivity index (χ1n) is 10.5. The summed E-state index contributed by atoms with van der Waals surface area (Å²) in [6.45, 7) is 0. The van der Waals surface area contributed by atoms with Crippen LogP contribution in [-0.2, 0) is 9.59 Å². The molecule has 2 aromatic heterocycles. The lowest BCUT2D eigenvalue weighted by molar-refractivity contribution is -0.123. The molecule has 2 amide bonds. The first-order valence-corrected chi connectivity index (χ1v) is 10.8. The summed E-state index contributed by atoms with van der Waals surface area (Å²) in [6, 6.07) is 15.5. The number of ether oxygens (including phenoxy) is 3. The minimum absolute atomic E-state index is 0.133. The quantitative estimate of drug-likeness (QED) is 0.330. The second-order valence-corrected chi connectivity index (χ2v) is 7.69. The van der Waals surface area contributed by atoms with Crippen molar-refractivity contribution in [2.24, 2.45) is 0 Å². The highest BCUT2D eigenvalue weighted by atomic mass is 35.5. The summed E-state index contributed by atoms with van der Waals surface area (Å²) in [5, 5.41) is 6.10. The van der Waals surface area contributed by atoms with E-state index in [9.17, 15) is 9.59 Å². The van der Waals surface area contributed by atoms with E-state index in [2.05, 4.69) is 20.6 Å². The van der Waals surface area contributed by atoms with Gasteiger partial charge in [0.25, 0.3) is 0 Å². The molecule has 178 valence electrons. The van der Waals surface area contributed by atoms with Gasteiger partial charge < -0.3 is 24.8 Å². The van der Waals surface area contributed by atoms with Crippen molar-refractivity contribution < 1.29 is 23.8 Å². The van der Waals surface area contributed by atoms with Crippen LogP contribution in [0.2, 0.25) is 5.02 Å². The molecule has 0 saturated heterocycles. The summed E-state index contributed by atoms with van der Waals surface area (Å²) in [5.41, 5.74) is 1.57. The second-order valence-electron chi connectivity index (χ2n) is 7.29. The lowest BCUT2D eigenvalue weighted by Gasteiger charge is -2.13. The zero-order valence-corrected chi connectivity index (χ0v) is 19.6. The third-order valence-corrected chi connectivity index (χ3v) is 5.15. The molecule has 0 aliphatic heterocycles. The van der Waals surface area contributed by atoms with Gasteiger partial charge in [-0.15, -0.1) is 0 Å². The summed E-state index contributed by atoms with van der Waals surface area (Å²) in [4.78, 5) is 32.9. The highest BCUT2D eigenvalue weighted by Gasteiger charge is 2.15. The number of nitrogens with one attached hydrogen (secondary N) is 2. The minimum Gasteiger partial charge on any atom is -0.493 e. The molecule has 0 saturated carbocycles. The number of halogens is 1. The average molecular weight is 493 g/mol. The Morgan fingerprint density at radius 3 is 2.23 bits per heavy atom. The van der Waals surface area contributed by atoms with Crippen LogP contribution in [0.25, 0.3) is 10.9 Å². The molecule has 2 aromatic carbocycles. The van der Waals surface area contributed by atoms with E-state index in [4.69, 9.17) is 25.8 Å². The molecule has 4 aromatic rings. The van der Waals surface area contributed by atoms with Crippen molar-refractivity contribution in [2.45, 2.75) is 6.42 Å². The monoisotopic (exact) mass is 492 g/mol. The number of para-hydroxylation sites is 1. The molecule has 0 bridgehead atoms. The number of benzene rings is 2. The molecule has 0 fully saturated rings. The smallest absolute Gasteiger partial charge is 0.238 e. The number of fused-ring (bicyclic) bond motifs is 1. The van der Waals surface area contributed by atoms with E-state index in [1.54, 1.807) is 55.8 Å². The number of rotatable bonds is 8. The molecule has 0 spiro atoms. The molecule has 4 rings (SSSR count). The van der Waals surface area contributed by atoms with Crippen molar-refractivity contribution in [1.82, 2.24) is 9.97 Å². The number of nitrogens with zero attached hydrogens (tertiary/aromatic N) is 2. The van der Waals surface area contributed by atoms with E-state index >= 15 is 0 Å². The topological polar surface area (TPSA) is 112 Å². The van der Waals surface area contributed by atoms with E-state index in [0.717, 1.165) is 0 Å². The van der Waals surface area contributed by atoms with Crippen molar-refractivity contribution in [3.63, 3.8) is 0 Å². The SMILES string of the molecule is COc1cc2nccc(Oc3ncc(NC(=O)CC(=O)Nc4ccccc4)cc3Cl)c2cc1OC. The maximum absolute atomic E-state index is 12.3. The Morgan fingerprint density at radius 2 is 1.54 bits per heavy atom. The van der Waals surface area contributed by atoms with E-state index in [1.165, 1.54) is 19.4 Å². The van der Waals surface area contributed by atoms with Crippen LogP contribution in [0.4, 0.5) is 11.4 Å². The Morgan fingerprint density at radius 1 is 0.857 bits per heavy atom. The molecule has 10 heteroatoms. The van der Waals surface area contributed by atoms with Crippen LogP contribution in [0.5, 0.6) is 23.1 Å². The molecule has 2 N–H and O–H groups in total. The van der Waals surface area contributed by atoms with Crippen LogP contribution in [0.3, 0.4) is 0 Å². The summed E-state index contributed by atoms with van der Waals surface area (Å²) in [7, 11) is 3.08. The Kier molecular flexibility index (Phi) is 7.27. The number of anilines is 2. The average Bonchev–Trinajstić information content (AvgIpc) is 2.85. The molecule has 0 unspecified atom stereocenters. The number of hydrogen-bond donors (Lipinski definition) is 2. The van der Waals surface area contributed by atoms with Crippen LogP contribution in [0, 0.1) is 0 Å². The summed E-state index contributed by atoms with van der Waals surface area (Å²) < 4.78 is 16.6. The zero-order valence-electron chi connectivity index (χ0n) is 18.9. The van der Waals surface area contributed by atoms with Crippen molar-refractivity contribution in [3.8, 4) is 23.1 Å². The summed E-state index contributed by atoms with van der Waals surface area (Å²) in [5.74, 6) is 0.702. The second kappa shape index (κ2) is 10.7. The Balaban J connectivity index is 1.45. The van der Waals surface area contributed by atoms with Gasteiger partial charge in [-0.2, -0.15) is 0 Å². The van der Waals surface area contributed by atoms with E-state index in [-0.39, 0.29) is 17.3 Å². The van der Waals surface area contributed by atoms with Gasteiger partial charge >= 0.3 is 0 Å². The Bertz CT molecular complexity index is 1380. The van der Waals surface area contributed by atoms with Gasteiger partial charge in [-0.3, -0.25) is 14.6 Å². The van der Waals surface area contributed by atoms with Crippen molar-refractivity contribution in [1.29, 1.82) is 0 Å². The van der Waals surface area contributed by atoms with Gasteiger partial charge in [-0.25, -0.2) is 4.98 Å². The third kappa shape index (κ3) is 5.77. The van der Waals surface area contributed by atoms with Crippen LogP contribution in [-0.4, -0.2) is 36.0 Å². The van der Waals surface area contributed by atoms with Gasteiger partial charge in [0.1, 0.15) is 17.2 Å². The largest absolute Gasteiger partial charge is 0.493 e. The van der Waals surface area contributed by atoms with Crippen LogP contribution < -0.4 is 24.8 Å². The third-order valence-electron chi connectivity index (χ3n) is 4.88. The molecular formula is C25H21ClN4O5. The number of carbonyl (C=O) groups is 2. The van der Waals surface area contributed by atoms with Gasteiger partial charge in [-0.1, -0.05) is 29.8 Å². The van der Waals surface area contributed by atoms with Crippen LogP contribution >= 0.6 is 11.6 Å². The molecule has 0 aliphatic rings. The fraction of sp³-hybridized carbons (Fsp3) is 0.120. The van der Waals surface area contributed by atoms with Crippen LogP contribution in [0.15, 0.2) is 67.0 Å². The maximum Gasteiger partial charge on any atom is 0.238 e. The van der Waals surface area contributed by atoms with Crippen LogP contribution in [0.1, 0.15) is 6.42 Å². The summed E-state index contributed by atoms with van der Waals surface area (Å²) in [6.07, 6.45) is 2.62. The Labute approximate surface area is 206 Å². The lowest BCUT2D eigenvalue weighted by atomic mass is 10.2. The molecule has 9 nitrogen and oxygen atoms in total. The molecule has 0 radical (unpaired) electrons. The fourth-order valence-corrected chi connectivity index (χ4v) is 3.49. The normalized spacial score (nSPS) is 10.5. The first-order chi connectivity index (χ1) is 17.0. The predicted molar refractivity (Wildman–Crippen MR) is 132 cm³/mol. The van der Waals surface area contributed by atoms with Gasteiger partial charge in [0, 0.05) is 23.3 Å². The lowest BCUT2D eigenvalue weighted by Crippen LogP contribution is -2.21. The zero-order chi connectivity index (χ0) is 24.8. The number of pyridine rings is 2.